The normalized spacial score (nSPS) is 12.8. The molecule has 7 nitrogen and oxygen atoms in total. The van der Waals surface area contributed by atoms with Crippen molar-refractivity contribution in [1.29, 1.82) is 0 Å². The van der Waals surface area contributed by atoms with Gasteiger partial charge >= 0.3 is 11.9 Å². The predicted molar refractivity (Wildman–Crippen MR) is 102 cm³/mol. The van der Waals surface area contributed by atoms with Gasteiger partial charge in [0.25, 0.3) is 0 Å². The Balaban J connectivity index is 5.67. The van der Waals surface area contributed by atoms with Gasteiger partial charge in [0.15, 0.2) is 5.70 Å². The lowest BCUT2D eigenvalue weighted by molar-refractivity contribution is -0.143. The van der Waals surface area contributed by atoms with E-state index in [9.17, 15) is 14.4 Å². The Morgan fingerprint density at radius 2 is 1.65 bits per heavy atom. The first kappa shape index (κ1) is 24.2. The average Bonchev–Trinajstić information content (AvgIpc) is 2.49. The number of nitrogens with one attached hydrogen (secondary N) is 1. The molecule has 0 aliphatic carbocycles. The van der Waals surface area contributed by atoms with Crippen LogP contribution in [0.15, 0.2) is 11.5 Å². The van der Waals surface area contributed by atoms with Crippen LogP contribution in [0.4, 0.5) is 0 Å². The van der Waals surface area contributed by atoms with Crippen molar-refractivity contribution >= 4 is 26.2 Å². The lowest BCUT2D eigenvalue weighted by Gasteiger charge is -2.37. The molecular weight excluding hydrogens is 354 g/mol. The Morgan fingerprint density at radius 1 is 1.08 bits per heavy atom. The average molecular weight is 388 g/mol. The summed E-state index contributed by atoms with van der Waals surface area (Å²) in [5, 5.41) is 2.41. The third-order valence-electron chi connectivity index (χ3n) is 4.24. The number of rotatable bonds is 9. The summed E-state index contributed by atoms with van der Waals surface area (Å²) in [4.78, 5) is 35.3. The minimum atomic E-state index is -2.27. The standard InChI is InChI=1S/C18H33NO6Si/c1-9-24-15(21)12-10-11-14(25-26(7,8)18(3,4)5)16(17(22)23-6)19-13(2)20/h9-12H2,1-8H3,(H,19,20)/b16-14-. The second kappa shape index (κ2) is 10.3. The monoisotopic (exact) mass is 387 g/mol. The van der Waals surface area contributed by atoms with Gasteiger partial charge in [0.2, 0.25) is 14.2 Å². The van der Waals surface area contributed by atoms with E-state index in [-0.39, 0.29) is 23.1 Å². The number of amides is 1. The van der Waals surface area contributed by atoms with Crippen molar-refractivity contribution < 1.29 is 28.3 Å². The Bertz CT molecular complexity index is 548. The highest BCUT2D eigenvalue weighted by atomic mass is 28.4. The van der Waals surface area contributed by atoms with Gasteiger partial charge in [-0.15, -0.1) is 0 Å². The molecule has 26 heavy (non-hydrogen) atoms. The lowest BCUT2D eigenvalue weighted by atomic mass is 10.2. The minimum absolute atomic E-state index is 0.00585. The van der Waals surface area contributed by atoms with E-state index in [2.05, 4.69) is 26.1 Å². The summed E-state index contributed by atoms with van der Waals surface area (Å²) in [6.07, 6.45) is 0.950. The van der Waals surface area contributed by atoms with Crippen molar-refractivity contribution in [3.05, 3.63) is 11.5 Å². The van der Waals surface area contributed by atoms with E-state index < -0.39 is 20.2 Å². The molecule has 0 aliphatic heterocycles. The van der Waals surface area contributed by atoms with Gasteiger partial charge in [0.1, 0.15) is 5.76 Å². The molecule has 1 amide bonds. The summed E-state index contributed by atoms with van der Waals surface area (Å²) in [5.41, 5.74) is -0.00585. The van der Waals surface area contributed by atoms with Gasteiger partial charge in [0, 0.05) is 19.8 Å². The molecular formula is C18H33NO6Si. The lowest BCUT2D eigenvalue weighted by Crippen LogP contribution is -2.41. The predicted octanol–water partition coefficient (Wildman–Crippen LogP) is 3.26. The molecule has 0 aliphatic rings. The van der Waals surface area contributed by atoms with Crippen LogP contribution in [0.25, 0.3) is 0 Å². The fourth-order valence-corrected chi connectivity index (χ4v) is 2.95. The zero-order valence-corrected chi connectivity index (χ0v) is 18.3. The second-order valence-corrected chi connectivity index (χ2v) is 12.2. The third kappa shape index (κ3) is 8.03. The number of hydrogen-bond acceptors (Lipinski definition) is 6. The first-order chi connectivity index (χ1) is 11.9. The van der Waals surface area contributed by atoms with Crippen LogP contribution < -0.4 is 5.32 Å². The molecule has 0 radical (unpaired) electrons. The van der Waals surface area contributed by atoms with Gasteiger partial charge in [0.05, 0.1) is 13.7 Å². The fraction of sp³-hybridized carbons (Fsp3) is 0.722. The SMILES string of the molecule is CCOC(=O)CCC/C(O[Si](C)(C)C(C)(C)C)=C(/NC(C)=O)C(=O)OC. The van der Waals surface area contributed by atoms with Gasteiger partial charge in [-0.05, 0) is 31.5 Å². The first-order valence-electron chi connectivity index (χ1n) is 8.79. The summed E-state index contributed by atoms with van der Waals surface area (Å²) < 4.78 is 16.0. The molecule has 0 spiro atoms. The highest BCUT2D eigenvalue weighted by Gasteiger charge is 2.40. The van der Waals surface area contributed by atoms with E-state index in [1.165, 1.54) is 14.0 Å². The van der Waals surface area contributed by atoms with Gasteiger partial charge in [-0.25, -0.2) is 4.79 Å². The van der Waals surface area contributed by atoms with Gasteiger partial charge in [-0.2, -0.15) is 0 Å². The van der Waals surface area contributed by atoms with Crippen LogP contribution in [0.3, 0.4) is 0 Å². The first-order valence-corrected chi connectivity index (χ1v) is 11.7. The molecule has 8 heteroatoms. The molecule has 0 aromatic rings. The number of carbonyl (C=O) groups is 3. The van der Waals surface area contributed by atoms with Crippen molar-refractivity contribution in [3.8, 4) is 0 Å². The van der Waals surface area contributed by atoms with Crippen molar-refractivity contribution in [2.24, 2.45) is 0 Å². The molecule has 0 heterocycles. The largest absolute Gasteiger partial charge is 0.545 e. The topological polar surface area (TPSA) is 90.9 Å². The molecule has 150 valence electrons. The molecule has 1 N–H and O–H groups in total. The van der Waals surface area contributed by atoms with Gasteiger partial charge < -0.3 is 19.2 Å². The number of hydrogen-bond donors (Lipinski definition) is 1. The quantitative estimate of drug-likeness (QED) is 0.283. The van der Waals surface area contributed by atoms with Crippen LogP contribution in [0.5, 0.6) is 0 Å². The summed E-state index contributed by atoms with van der Waals surface area (Å²) in [6.45, 7) is 13.7. The maximum atomic E-state index is 12.2. The van der Waals surface area contributed by atoms with Crippen molar-refractivity contribution in [2.75, 3.05) is 13.7 Å². The Kier molecular flexibility index (Phi) is 9.62. The summed E-state index contributed by atoms with van der Waals surface area (Å²) in [7, 11) is -1.02. The molecule has 0 fully saturated rings. The second-order valence-electron chi connectivity index (χ2n) is 7.49. The van der Waals surface area contributed by atoms with E-state index in [0.29, 0.717) is 25.2 Å². The van der Waals surface area contributed by atoms with E-state index in [1.54, 1.807) is 6.92 Å². The molecule has 0 saturated carbocycles. The summed E-state index contributed by atoms with van der Waals surface area (Å²) in [5.74, 6) is -1.03. The Labute approximate surface area is 157 Å². The van der Waals surface area contributed by atoms with Crippen LogP contribution in [0.1, 0.15) is 53.9 Å². The molecule has 0 atom stereocenters. The molecule has 0 rings (SSSR count). The van der Waals surface area contributed by atoms with Gasteiger partial charge in [-0.1, -0.05) is 20.8 Å². The van der Waals surface area contributed by atoms with E-state index >= 15 is 0 Å². The van der Waals surface area contributed by atoms with Crippen LogP contribution in [-0.2, 0) is 28.3 Å². The number of carbonyl (C=O) groups excluding carboxylic acids is 3. The van der Waals surface area contributed by atoms with Crippen molar-refractivity contribution in [2.45, 2.75) is 72.0 Å². The number of methoxy groups -OCH3 is 1. The molecule has 0 aromatic heterocycles. The Morgan fingerprint density at radius 3 is 2.08 bits per heavy atom. The van der Waals surface area contributed by atoms with Crippen molar-refractivity contribution in [1.82, 2.24) is 5.32 Å². The summed E-state index contributed by atoms with van der Waals surface area (Å²) in [6, 6.07) is 0. The summed E-state index contributed by atoms with van der Waals surface area (Å²) >= 11 is 0. The zero-order valence-electron chi connectivity index (χ0n) is 17.3. The minimum Gasteiger partial charge on any atom is -0.545 e. The van der Waals surface area contributed by atoms with E-state index in [1.807, 2.05) is 13.1 Å². The van der Waals surface area contributed by atoms with E-state index in [0.717, 1.165) is 0 Å². The molecule has 0 unspecified atom stereocenters. The number of allylic oxidation sites excluding steroid dienone is 1. The van der Waals surface area contributed by atoms with Crippen molar-refractivity contribution in [3.63, 3.8) is 0 Å². The highest BCUT2D eigenvalue weighted by molar-refractivity contribution is 6.74. The molecule has 0 saturated heterocycles. The highest BCUT2D eigenvalue weighted by Crippen LogP contribution is 2.39. The van der Waals surface area contributed by atoms with E-state index in [4.69, 9.17) is 13.9 Å². The number of ether oxygens (including phenoxy) is 2. The number of esters is 2. The van der Waals surface area contributed by atoms with Crippen LogP contribution >= 0.6 is 0 Å². The Hall–Kier alpha value is -1.83. The molecule has 0 aromatic carbocycles. The fourth-order valence-electron chi connectivity index (χ4n) is 1.83. The van der Waals surface area contributed by atoms with Gasteiger partial charge in [-0.3, -0.25) is 9.59 Å². The van der Waals surface area contributed by atoms with Crippen LogP contribution in [0.2, 0.25) is 18.1 Å². The van der Waals surface area contributed by atoms with Crippen LogP contribution in [-0.4, -0.2) is 39.9 Å². The molecule has 0 bridgehead atoms. The maximum absolute atomic E-state index is 12.2. The van der Waals surface area contributed by atoms with Crippen LogP contribution in [0, 0.1) is 0 Å². The third-order valence-corrected chi connectivity index (χ3v) is 8.61. The maximum Gasteiger partial charge on any atom is 0.358 e. The smallest absolute Gasteiger partial charge is 0.358 e. The zero-order chi connectivity index (χ0) is 20.5.